The lowest BCUT2D eigenvalue weighted by molar-refractivity contribution is -0.144. The number of carboxylic acids is 1. The van der Waals surface area contributed by atoms with Gasteiger partial charge in [0.15, 0.2) is 16.5 Å². The Balaban J connectivity index is 2.27. The number of carboxylic acid groups (broad SMARTS) is 1. The predicted octanol–water partition coefficient (Wildman–Crippen LogP) is 3.67. The molecule has 0 bridgehead atoms. The molecule has 23 heavy (non-hydrogen) atoms. The molecular weight excluding hydrogens is 368 g/mol. The molecule has 3 aromatic rings. The molecule has 0 amide bonds. The molecule has 0 radical (unpaired) electrons. The first kappa shape index (κ1) is 15.4. The minimum absolute atomic E-state index is 0.0486. The summed E-state index contributed by atoms with van der Waals surface area (Å²) in [7, 11) is 0. The summed E-state index contributed by atoms with van der Waals surface area (Å²) in [6.07, 6.45) is -1.21. The monoisotopic (exact) mass is 378 g/mol. The van der Waals surface area contributed by atoms with E-state index in [2.05, 4.69) is 15.9 Å². The number of furan rings is 1. The van der Waals surface area contributed by atoms with Crippen LogP contribution in [0.5, 0.6) is 5.75 Å². The third-order valence-corrected chi connectivity index (χ3v) is 3.62. The van der Waals surface area contributed by atoms with Gasteiger partial charge < -0.3 is 18.7 Å². The molecule has 1 aromatic carbocycles. The lowest BCUT2D eigenvalue weighted by Gasteiger charge is -2.12. The summed E-state index contributed by atoms with van der Waals surface area (Å²) in [4.78, 5) is 23.7. The Bertz CT molecular complexity index is 939. The maximum absolute atomic E-state index is 12.7. The largest absolute Gasteiger partial charge is 0.479 e. The molecule has 0 unspecified atom stereocenters. The summed E-state index contributed by atoms with van der Waals surface area (Å²) in [5, 5.41) is 9.32. The molecule has 0 spiro atoms. The van der Waals surface area contributed by atoms with E-state index in [-0.39, 0.29) is 17.3 Å². The van der Waals surface area contributed by atoms with Gasteiger partial charge in [0.2, 0.25) is 16.9 Å². The quantitative estimate of drug-likeness (QED) is 0.744. The Morgan fingerprint density at radius 2 is 1.96 bits per heavy atom. The summed E-state index contributed by atoms with van der Waals surface area (Å²) in [6.45, 7) is 1.33. The molecule has 0 saturated heterocycles. The second-order valence-corrected chi connectivity index (χ2v) is 5.57. The van der Waals surface area contributed by atoms with Gasteiger partial charge in [0, 0.05) is 0 Å². The minimum atomic E-state index is -1.21. The lowest BCUT2D eigenvalue weighted by Crippen LogP contribution is -2.26. The van der Waals surface area contributed by atoms with E-state index in [1.165, 1.54) is 6.92 Å². The van der Waals surface area contributed by atoms with Gasteiger partial charge in [-0.2, -0.15) is 0 Å². The van der Waals surface area contributed by atoms with Crippen molar-refractivity contribution < 1.29 is 23.5 Å². The second kappa shape index (κ2) is 5.92. The van der Waals surface area contributed by atoms with Crippen molar-refractivity contribution >= 4 is 32.9 Å². The van der Waals surface area contributed by atoms with Crippen molar-refractivity contribution in [1.29, 1.82) is 0 Å². The fraction of sp³-hybridized carbons (Fsp3) is 0.125. The van der Waals surface area contributed by atoms with Gasteiger partial charge in [-0.3, -0.25) is 4.79 Å². The molecule has 1 atom stereocenters. The van der Waals surface area contributed by atoms with Crippen LogP contribution in [0, 0.1) is 0 Å². The molecular formula is C16H11BrO6. The highest BCUT2D eigenvalue weighted by atomic mass is 79.9. The van der Waals surface area contributed by atoms with E-state index in [9.17, 15) is 9.59 Å². The number of hydrogen-bond donors (Lipinski definition) is 1. The smallest absolute Gasteiger partial charge is 0.344 e. The topological polar surface area (TPSA) is 89.9 Å². The summed E-state index contributed by atoms with van der Waals surface area (Å²) in [5.74, 6) is -1.08. The number of carbonyl (C=O) groups is 1. The van der Waals surface area contributed by atoms with Gasteiger partial charge in [-0.15, -0.1) is 0 Å². The second-order valence-electron chi connectivity index (χ2n) is 4.79. The molecule has 118 valence electrons. The molecule has 0 fully saturated rings. The van der Waals surface area contributed by atoms with Gasteiger partial charge in [0.1, 0.15) is 5.58 Å². The summed E-state index contributed by atoms with van der Waals surface area (Å²) < 4.78 is 16.9. The van der Waals surface area contributed by atoms with E-state index in [0.29, 0.717) is 15.6 Å². The maximum atomic E-state index is 12.7. The number of rotatable bonds is 4. The van der Waals surface area contributed by atoms with Gasteiger partial charge in [-0.1, -0.05) is 12.1 Å². The van der Waals surface area contributed by atoms with E-state index in [1.54, 1.807) is 36.4 Å². The Morgan fingerprint density at radius 3 is 2.61 bits per heavy atom. The number of fused-ring (bicyclic) bond motifs is 1. The average molecular weight is 379 g/mol. The molecule has 0 saturated carbocycles. The van der Waals surface area contributed by atoms with Crippen LogP contribution in [0.1, 0.15) is 6.92 Å². The number of benzene rings is 1. The normalized spacial score (nSPS) is 12.3. The maximum Gasteiger partial charge on any atom is 0.344 e. The first-order chi connectivity index (χ1) is 11.0. The number of halogens is 1. The van der Waals surface area contributed by atoms with Crippen molar-refractivity contribution in [2.24, 2.45) is 0 Å². The highest BCUT2D eigenvalue weighted by Gasteiger charge is 2.24. The number of aliphatic carboxylic acids is 1. The molecule has 0 aliphatic heterocycles. The Kier molecular flexibility index (Phi) is 3.96. The zero-order valence-electron chi connectivity index (χ0n) is 11.9. The van der Waals surface area contributed by atoms with Crippen molar-refractivity contribution in [1.82, 2.24) is 0 Å². The van der Waals surface area contributed by atoms with Crippen molar-refractivity contribution in [3.05, 3.63) is 51.3 Å². The van der Waals surface area contributed by atoms with Crippen molar-refractivity contribution in [3.8, 4) is 17.3 Å². The van der Waals surface area contributed by atoms with E-state index in [1.807, 2.05) is 0 Å². The van der Waals surface area contributed by atoms with Gasteiger partial charge in [-0.05, 0) is 47.1 Å². The third kappa shape index (κ3) is 2.87. The molecule has 2 heterocycles. The fourth-order valence-corrected chi connectivity index (χ4v) is 2.36. The standard InChI is InChI=1S/C16H11BrO6/c1-8(16(19)20)21-15-13(18)9-4-2-3-5-10(9)23-14(15)11-6-7-12(17)22-11/h2-8H,1H3,(H,19,20)/t8-/m1/s1. The molecule has 2 aromatic heterocycles. The predicted molar refractivity (Wildman–Crippen MR) is 85.6 cm³/mol. The third-order valence-electron chi connectivity index (χ3n) is 3.20. The Hall–Kier alpha value is -2.54. The minimum Gasteiger partial charge on any atom is -0.479 e. The summed E-state index contributed by atoms with van der Waals surface area (Å²) in [5.41, 5.74) is -0.0992. The average Bonchev–Trinajstić information content (AvgIpc) is 2.96. The SMILES string of the molecule is C[C@@H](Oc1c(-c2ccc(Br)o2)oc2ccccc2c1=O)C(=O)O. The van der Waals surface area contributed by atoms with Crippen LogP contribution in [0.25, 0.3) is 22.5 Å². The molecule has 0 aliphatic rings. The first-order valence-electron chi connectivity index (χ1n) is 6.68. The number of para-hydroxylation sites is 1. The van der Waals surface area contributed by atoms with E-state index in [0.717, 1.165) is 0 Å². The molecule has 7 heteroatoms. The van der Waals surface area contributed by atoms with Crippen molar-refractivity contribution in [2.75, 3.05) is 0 Å². The van der Waals surface area contributed by atoms with Gasteiger partial charge >= 0.3 is 5.97 Å². The zero-order chi connectivity index (χ0) is 16.6. The van der Waals surface area contributed by atoms with Crippen LogP contribution in [0.2, 0.25) is 0 Å². The Morgan fingerprint density at radius 1 is 1.22 bits per heavy atom. The van der Waals surface area contributed by atoms with Crippen molar-refractivity contribution in [3.63, 3.8) is 0 Å². The van der Waals surface area contributed by atoms with Crippen LogP contribution in [0.4, 0.5) is 0 Å². The van der Waals surface area contributed by atoms with Gasteiger partial charge in [0.05, 0.1) is 5.39 Å². The fourth-order valence-electron chi connectivity index (χ4n) is 2.06. The van der Waals surface area contributed by atoms with Gasteiger partial charge in [-0.25, -0.2) is 4.79 Å². The zero-order valence-corrected chi connectivity index (χ0v) is 13.5. The van der Waals surface area contributed by atoms with Crippen LogP contribution in [-0.2, 0) is 4.79 Å². The highest BCUT2D eigenvalue weighted by molar-refractivity contribution is 9.10. The number of ether oxygens (including phenoxy) is 1. The Labute approximate surface area is 138 Å². The highest BCUT2D eigenvalue weighted by Crippen LogP contribution is 2.33. The van der Waals surface area contributed by atoms with Crippen LogP contribution in [-0.4, -0.2) is 17.2 Å². The lowest BCUT2D eigenvalue weighted by atomic mass is 10.2. The van der Waals surface area contributed by atoms with Crippen molar-refractivity contribution in [2.45, 2.75) is 13.0 Å². The van der Waals surface area contributed by atoms with Crippen LogP contribution in [0.3, 0.4) is 0 Å². The van der Waals surface area contributed by atoms with Gasteiger partial charge in [0.25, 0.3) is 0 Å². The first-order valence-corrected chi connectivity index (χ1v) is 7.47. The molecule has 1 N–H and O–H groups in total. The van der Waals surface area contributed by atoms with E-state index < -0.39 is 17.5 Å². The van der Waals surface area contributed by atoms with E-state index >= 15 is 0 Å². The molecule has 6 nitrogen and oxygen atoms in total. The molecule has 3 rings (SSSR count). The summed E-state index contributed by atoms with van der Waals surface area (Å²) >= 11 is 3.17. The summed E-state index contributed by atoms with van der Waals surface area (Å²) in [6, 6.07) is 9.87. The van der Waals surface area contributed by atoms with Crippen LogP contribution < -0.4 is 10.2 Å². The van der Waals surface area contributed by atoms with E-state index in [4.69, 9.17) is 18.7 Å². The number of hydrogen-bond acceptors (Lipinski definition) is 5. The van der Waals surface area contributed by atoms with Crippen LogP contribution in [0.15, 0.2) is 54.7 Å². The van der Waals surface area contributed by atoms with Crippen LogP contribution >= 0.6 is 15.9 Å². The molecule has 0 aliphatic carbocycles.